The molecule has 9 heteroatoms. The summed E-state index contributed by atoms with van der Waals surface area (Å²) < 4.78 is 34.2. The molecule has 0 aliphatic heterocycles. The molecule has 0 heterocycles. The summed E-state index contributed by atoms with van der Waals surface area (Å²) in [4.78, 5) is 0.0493. The normalized spacial score (nSPS) is 19.6. The molecular weight excluding hydrogens is 477 g/mol. The van der Waals surface area contributed by atoms with E-state index in [4.69, 9.17) is 27.9 Å². The number of aliphatic hydroxyl groups excluding tert-OH is 1. The SMILES string of the molecule is COc1ccc(Cc2c(Cl)cc(Br)cc2Cl)cc1S(=O)(=O)NC1CC(O)C1. The van der Waals surface area contributed by atoms with Crippen molar-refractivity contribution in [3.63, 3.8) is 0 Å². The fraction of sp³-hybridized carbons (Fsp3) is 0.333. The molecule has 0 amide bonds. The Morgan fingerprint density at radius 2 is 1.85 bits per heavy atom. The molecule has 1 fully saturated rings. The Kier molecular flexibility index (Phi) is 6.40. The van der Waals surface area contributed by atoms with E-state index >= 15 is 0 Å². The van der Waals surface area contributed by atoms with Gasteiger partial charge in [0, 0.05) is 27.0 Å². The molecule has 5 nitrogen and oxygen atoms in total. The molecule has 146 valence electrons. The molecule has 0 aromatic heterocycles. The van der Waals surface area contributed by atoms with Crippen LogP contribution in [0.5, 0.6) is 5.75 Å². The van der Waals surface area contributed by atoms with Crippen LogP contribution in [0.25, 0.3) is 0 Å². The van der Waals surface area contributed by atoms with E-state index in [-0.39, 0.29) is 16.7 Å². The molecule has 1 aliphatic rings. The van der Waals surface area contributed by atoms with Crippen molar-refractivity contribution >= 4 is 49.2 Å². The first-order valence-corrected chi connectivity index (χ1v) is 11.2. The minimum atomic E-state index is -3.79. The van der Waals surface area contributed by atoms with Gasteiger partial charge in [-0.3, -0.25) is 0 Å². The van der Waals surface area contributed by atoms with Crippen molar-refractivity contribution in [1.82, 2.24) is 4.72 Å². The molecule has 3 rings (SSSR count). The van der Waals surface area contributed by atoms with Gasteiger partial charge in [0.15, 0.2) is 0 Å². The summed E-state index contributed by atoms with van der Waals surface area (Å²) >= 11 is 15.9. The Bertz CT molecular complexity index is 939. The van der Waals surface area contributed by atoms with E-state index in [0.717, 1.165) is 10.0 Å². The number of methoxy groups -OCH3 is 1. The molecule has 2 aromatic rings. The Hall–Kier alpha value is -0.830. The maximum Gasteiger partial charge on any atom is 0.244 e. The highest BCUT2D eigenvalue weighted by atomic mass is 79.9. The van der Waals surface area contributed by atoms with E-state index < -0.39 is 16.1 Å². The second kappa shape index (κ2) is 8.27. The monoisotopic (exact) mass is 493 g/mol. The molecule has 0 bridgehead atoms. The van der Waals surface area contributed by atoms with E-state index in [1.165, 1.54) is 7.11 Å². The largest absolute Gasteiger partial charge is 0.495 e. The lowest BCUT2D eigenvalue weighted by Gasteiger charge is -2.31. The standard InChI is InChI=1S/C18H18BrCl2NO4S/c1-26-17-3-2-10(4-14-15(20)6-11(19)7-16(14)21)5-18(17)27(24,25)22-12-8-13(23)9-12/h2-3,5-7,12-13,22-23H,4,8-9H2,1H3. The molecule has 27 heavy (non-hydrogen) atoms. The predicted molar refractivity (Wildman–Crippen MR) is 109 cm³/mol. The van der Waals surface area contributed by atoms with Gasteiger partial charge in [-0.1, -0.05) is 45.2 Å². The molecule has 1 saturated carbocycles. The van der Waals surface area contributed by atoms with Gasteiger partial charge in [0.1, 0.15) is 10.6 Å². The van der Waals surface area contributed by atoms with Crippen LogP contribution in [0.15, 0.2) is 39.7 Å². The lowest BCUT2D eigenvalue weighted by Crippen LogP contribution is -2.46. The zero-order valence-corrected chi connectivity index (χ0v) is 18.3. The van der Waals surface area contributed by atoms with Crippen LogP contribution >= 0.6 is 39.1 Å². The van der Waals surface area contributed by atoms with E-state index in [2.05, 4.69) is 20.7 Å². The van der Waals surface area contributed by atoms with Crippen molar-refractivity contribution in [2.45, 2.75) is 36.3 Å². The number of nitrogens with one attached hydrogen (secondary N) is 1. The Balaban J connectivity index is 1.92. The van der Waals surface area contributed by atoms with Gasteiger partial charge in [0.25, 0.3) is 0 Å². The second-order valence-electron chi connectivity index (χ2n) is 6.45. The number of aliphatic hydroxyl groups is 1. The number of benzene rings is 2. The fourth-order valence-electron chi connectivity index (χ4n) is 2.95. The zero-order valence-electron chi connectivity index (χ0n) is 14.4. The quantitative estimate of drug-likeness (QED) is 0.632. The number of halogens is 3. The molecule has 2 aromatic carbocycles. The van der Waals surface area contributed by atoms with E-state index in [9.17, 15) is 13.5 Å². The van der Waals surface area contributed by atoms with Gasteiger partial charge in [0.05, 0.1) is 13.2 Å². The predicted octanol–water partition coefficient (Wildman–Crippen LogP) is 4.16. The maximum absolute atomic E-state index is 12.8. The highest BCUT2D eigenvalue weighted by molar-refractivity contribution is 9.10. The summed E-state index contributed by atoms with van der Waals surface area (Å²) in [6.45, 7) is 0. The first-order valence-electron chi connectivity index (χ1n) is 8.20. The van der Waals surface area contributed by atoms with E-state index in [1.807, 2.05) is 0 Å². The maximum atomic E-state index is 12.8. The first-order chi connectivity index (χ1) is 12.7. The Morgan fingerprint density at radius 1 is 1.22 bits per heavy atom. The number of hydrogen-bond donors (Lipinski definition) is 2. The Labute approximate surface area is 176 Å². The van der Waals surface area contributed by atoms with Gasteiger partial charge in [-0.15, -0.1) is 0 Å². The second-order valence-corrected chi connectivity index (χ2v) is 9.87. The third-order valence-corrected chi connectivity index (χ3v) is 7.11. The molecular formula is C18H18BrCl2NO4S. The molecule has 0 saturated heterocycles. The smallest absolute Gasteiger partial charge is 0.244 e. The summed E-state index contributed by atoms with van der Waals surface area (Å²) in [5, 5.41) is 10.4. The van der Waals surface area contributed by atoms with E-state index in [1.54, 1.807) is 30.3 Å². The summed E-state index contributed by atoms with van der Waals surface area (Å²) in [6.07, 6.45) is 0.739. The van der Waals surface area contributed by atoms with Gasteiger partial charge in [-0.05, 0) is 48.2 Å². The van der Waals surface area contributed by atoms with Crippen LogP contribution in [0, 0.1) is 0 Å². The molecule has 0 spiro atoms. The average Bonchev–Trinajstić information content (AvgIpc) is 2.56. The Morgan fingerprint density at radius 3 is 2.41 bits per heavy atom. The summed E-state index contributed by atoms with van der Waals surface area (Å²) in [6, 6.07) is 8.17. The molecule has 0 radical (unpaired) electrons. The van der Waals surface area contributed by atoms with Crippen LogP contribution in [-0.2, 0) is 16.4 Å². The lowest BCUT2D eigenvalue weighted by atomic mass is 9.91. The topological polar surface area (TPSA) is 75.6 Å². The van der Waals surface area contributed by atoms with Gasteiger partial charge >= 0.3 is 0 Å². The van der Waals surface area contributed by atoms with Gasteiger partial charge < -0.3 is 9.84 Å². The lowest BCUT2D eigenvalue weighted by molar-refractivity contribution is 0.0712. The summed E-state index contributed by atoms with van der Waals surface area (Å²) in [5.74, 6) is 0.249. The summed E-state index contributed by atoms with van der Waals surface area (Å²) in [5.41, 5.74) is 1.45. The number of ether oxygens (including phenoxy) is 1. The van der Waals surface area contributed by atoms with Gasteiger partial charge in [-0.25, -0.2) is 13.1 Å². The number of rotatable bonds is 6. The third kappa shape index (κ3) is 4.78. The van der Waals surface area contributed by atoms with Crippen molar-refractivity contribution in [1.29, 1.82) is 0 Å². The van der Waals surface area contributed by atoms with Crippen LogP contribution in [0.1, 0.15) is 24.0 Å². The summed E-state index contributed by atoms with van der Waals surface area (Å²) in [7, 11) is -2.37. The van der Waals surface area contributed by atoms with Crippen molar-refractivity contribution < 1.29 is 18.3 Å². The molecule has 2 N–H and O–H groups in total. The molecule has 0 atom stereocenters. The van der Waals surface area contributed by atoms with Crippen LogP contribution < -0.4 is 9.46 Å². The number of sulfonamides is 1. The van der Waals surface area contributed by atoms with Crippen molar-refractivity contribution in [3.8, 4) is 5.75 Å². The average molecular weight is 495 g/mol. The van der Waals surface area contributed by atoms with Crippen LogP contribution in [0.4, 0.5) is 0 Å². The number of hydrogen-bond acceptors (Lipinski definition) is 4. The van der Waals surface area contributed by atoms with Crippen molar-refractivity contribution in [2.24, 2.45) is 0 Å². The highest BCUT2D eigenvalue weighted by Crippen LogP contribution is 2.33. The van der Waals surface area contributed by atoms with Gasteiger partial charge in [-0.2, -0.15) is 0 Å². The molecule has 1 aliphatic carbocycles. The zero-order chi connectivity index (χ0) is 19.8. The fourth-order valence-corrected chi connectivity index (χ4v) is 5.78. The minimum absolute atomic E-state index is 0.0493. The van der Waals surface area contributed by atoms with E-state index in [0.29, 0.717) is 34.9 Å². The van der Waals surface area contributed by atoms with Crippen molar-refractivity contribution in [3.05, 3.63) is 56.0 Å². The van der Waals surface area contributed by atoms with Gasteiger partial charge in [0.2, 0.25) is 10.0 Å². The first kappa shape index (κ1) is 20.9. The molecule has 0 unspecified atom stereocenters. The highest BCUT2D eigenvalue weighted by Gasteiger charge is 2.32. The van der Waals surface area contributed by atoms with Crippen LogP contribution in [-0.4, -0.2) is 32.8 Å². The minimum Gasteiger partial charge on any atom is -0.495 e. The van der Waals surface area contributed by atoms with Crippen molar-refractivity contribution in [2.75, 3.05) is 7.11 Å². The van der Waals surface area contributed by atoms with Crippen LogP contribution in [0.3, 0.4) is 0 Å². The third-order valence-electron chi connectivity index (χ3n) is 4.44. The van der Waals surface area contributed by atoms with Crippen LogP contribution in [0.2, 0.25) is 10.0 Å².